The number of unbranched alkanes of at least 4 members (excludes halogenated alkanes) is 1. The van der Waals surface area contributed by atoms with Crippen molar-refractivity contribution >= 4 is 6.29 Å². The molecule has 0 bridgehead atoms. The second-order valence-corrected chi connectivity index (χ2v) is 3.08. The minimum Gasteiger partial charge on any atom is -0.351 e. The van der Waals surface area contributed by atoms with Crippen molar-refractivity contribution in [1.82, 2.24) is 4.57 Å². The molecule has 0 radical (unpaired) electrons. The summed E-state index contributed by atoms with van der Waals surface area (Å²) in [5.41, 5.74) is 1.95. The first-order chi connectivity index (χ1) is 5.77. The van der Waals surface area contributed by atoms with E-state index in [1.54, 1.807) is 0 Å². The Morgan fingerprint density at radius 1 is 1.58 bits per heavy atom. The summed E-state index contributed by atoms with van der Waals surface area (Å²) >= 11 is 0. The topological polar surface area (TPSA) is 22.0 Å². The summed E-state index contributed by atoms with van der Waals surface area (Å²) in [7, 11) is 0. The van der Waals surface area contributed by atoms with Gasteiger partial charge in [0.25, 0.3) is 0 Å². The zero-order valence-corrected chi connectivity index (χ0v) is 7.71. The standard InChI is InChI=1S/C10H15NO/c1-3-4-5-11-7-10(8-12)6-9(11)2/h6-8H,3-5H2,1-2H3. The molecular weight excluding hydrogens is 150 g/mol. The third-order valence-electron chi connectivity index (χ3n) is 2.02. The van der Waals surface area contributed by atoms with Crippen LogP contribution in [0.5, 0.6) is 0 Å². The Morgan fingerprint density at radius 3 is 2.83 bits per heavy atom. The summed E-state index contributed by atoms with van der Waals surface area (Å²) in [4.78, 5) is 10.4. The van der Waals surface area contributed by atoms with Crippen molar-refractivity contribution in [3.05, 3.63) is 23.5 Å². The first kappa shape index (κ1) is 9.04. The number of aldehydes is 1. The highest BCUT2D eigenvalue weighted by molar-refractivity contribution is 5.74. The number of carbonyl (C=O) groups excluding carboxylic acids is 1. The first-order valence-corrected chi connectivity index (χ1v) is 4.40. The fourth-order valence-electron chi connectivity index (χ4n) is 1.28. The van der Waals surface area contributed by atoms with E-state index in [2.05, 4.69) is 11.5 Å². The number of hydrogen-bond donors (Lipinski definition) is 0. The van der Waals surface area contributed by atoms with E-state index in [0.717, 1.165) is 18.4 Å². The molecule has 1 rings (SSSR count). The number of hydrogen-bond acceptors (Lipinski definition) is 1. The molecule has 0 aliphatic heterocycles. The Kier molecular flexibility index (Phi) is 3.09. The highest BCUT2D eigenvalue weighted by Crippen LogP contribution is 2.06. The van der Waals surface area contributed by atoms with Gasteiger partial charge in [-0.3, -0.25) is 4.79 Å². The number of aryl methyl sites for hydroxylation is 2. The molecule has 0 aliphatic carbocycles. The molecule has 0 aromatic carbocycles. The van der Waals surface area contributed by atoms with Crippen molar-refractivity contribution in [3.8, 4) is 0 Å². The van der Waals surface area contributed by atoms with Gasteiger partial charge in [0, 0.05) is 24.0 Å². The second-order valence-electron chi connectivity index (χ2n) is 3.08. The summed E-state index contributed by atoms with van der Waals surface area (Å²) in [6, 6.07) is 1.92. The molecule has 1 aromatic heterocycles. The van der Waals surface area contributed by atoms with E-state index in [1.165, 1.54) is 18.5 Å². The van der Waals surface area contributed by atoms with Crippen molar-refractivity contribution in [2.75, 3.05) is 0 Å². The van der Waals surface area contributed by atoms with Crippen molar-refractivity contribution in [3.63, 3.8) is 0 Å². The molecular formula is C10H15NO. The maximum atomic E-state index is 10.4. The van der Waals surface area contributed by atoms with Gasteiger partial charge in [-0.15, -0.1) is 0 Å². The summed E-state index contributed by atoms with van der Waals surface area (Å²) in [5, 5.41) is 0. The Balaban J connectivity index is 2.70. The molecule has 0 atom stereocenters. The molecule has 0 amide bonds. The van der Waals surface area contributed by atoms with Gasteiger partial charge in [0.15, 0.2) is 6.29 Å². The average Bonchev–Trinajstić information content (AvgIpc) is 2.43. The van der Waals surface area contributed by atoms with E-state index in [4.69, 9.17) is 0 Å². The number of aromatic nitrogens is 1. The zero-order valence-electron chi connectivity index (χ0n) is 7.71. The van der Waals surface area contributed by atoms with Crippen LogP contribution in [0.25, 0.3) is 0 Å². The lowest BCUT2D eigenvalue weighted by atomic mass is 10.3. The largest absolute Gasteiger partial charge is 0.351 e. The Labute approximate surface area is 73.2 Å². The van der Waals surface area contributed by atoms with Gasteiger partial charge < -0.3 is 4.57 Å². The van der Waals surface area contributed by atoms with Crippen LogP contribution in [-0.4, -0.2) is 10.9 Å². The van der Waals surface area contributed by atoms with Crippen LogP contribution in [0.3, 0.4) is 0 Å². The van der Waals surface area contributed by atoms with Crippen molar-refractivity contribution in [2.24, 2.45) is 0 Å². The fourth-order valence-corrected chi connectivity index (χ4v) is 1.28. The van der Waals surface area contributed by atoms with Crippen LogP contribution >= 0.6 is 0 Å². The van der Waals surface area contributed by atoms with Crippen molar-refractivity contribution in [1.29, 1.82) is 0 Å². The van der Waals surface area contributed by atoms with E-state index in [9.17, 15) is 4.79 Å². The molecule has 0 spiro atoms. The minimum absolute atomic E-state index is 0.781. The maximum Gasteiger partial charge on any atom is 0.151 e. The molecule has 0 N–H and O–H groups in total. The average molecular weight is 165 g/mol. The predicted molar refractivity (Wildman–Crippen MR) is 49.5 cm³/mol. The SMILES string of the molecule is CCCCn1cc(C=O)cc1C. The van der Waals surface area contributed by atoms with Gasteiger partial charge in [-0.2, -0.15) is 0 Å². The first-order valence-electron chi connectivity index (χ1n) is 4.40. The van der Waals surface area contributed by atoms with Gasteiger partial charge in [-0.1, -0.05) is 13.3 Å². The molecule has 0 saturated carbocycles. The molecule has 0 unspecified atom stereocenters. The van der Waals surface area contributed by atoms with E-state index < -0.39 is 0 Å². The van der Waals surface area contributed by atoms with Crippen LogP contribution in [-0.2, 0) is 6.54 Å². The highest BCUT2D eigenvalue weighted by Gasteiger charge is 1.99. The quantitative estimate of drug-likeness (QED) is 0.628. The number of rotatable bonds is 4. The monoisotopic (exact) mass is 165 g/mol. The van der Waals surface area contributed by atoms with Gasteiger partial charge in [-0.05, 0) is 19.4 Å². The van der Waals surface area contributed by atoms with Gasteiger partial charge in [-0.25, -0.2) is 0 Å². The third kappa shape index (κ3) is 1.97. The van der Waals surface area contributed by atoms with Crippen LogP contribution in [0.2, 0.25) is 0 Å². The Hall–Kier alpha value is -1.05. The Morgan fingerprint density at radius 2 is 2.33 bits per heavy atom. The molecule has 1 heterocycles. The highest BCUT2D eigenvalue weighted by atomic mass is 16.1. The van der Waals surface area contributed by atoms with Gasteiger partial charge >= 0.3 is 0 Å². The van der Waals surface area contributed by atoms with Crippen LogP contribution in [0, 0.1) is 6.92 Å². The third-order valence-corrected chi connectivity index (χ3v) is 2.02. The van der Waals surface area contributed by atoms with Crippen LogP contribution in [0.15, 0.2) is 12.3 Å². The van der Waals surface area contributed by atoms with Crippen molar-refractivity contribution in [2.45, 2.75) is 33.2 Å². The van der Waals surface area contributed by atoms with Crippen LogP contribution in [0.1, 0.15) is 35.8 Å². The maximum absolute atomic E-state index is 10.4. The van der Waals surface area contributed by atoms with E-state index in [1.807, 2.05) is 19.2 Å². The molecule has 12 heavy (non-hydrogen) atoms. The van der Waals surface area contributed by atoms with E-state index in [0.29, 0.717) is 0 Å². The molecule has 0 aliphatic rings. The summed E-state index contributed by atoms with van der Waals surface area (Å²) in [6.45, 7) is 5.22. The van der Waals surface area contributed by atoms with Gasteiger partial charge in [0.05, 0.1) is 0 Å². The predicted octanol–water partition coefficient (Wildman–Crippen LogP) is 2.41. The lowest BCUT2D eigenvalue weighted by Gasteiger charge is -2.02. The van der Waals surface area contributed by atoms with Crippen molar-refractivity contribution < 1.29 is 4.79 Å². The number of nitrogens with zero attached hydrogens (tertiary/aromatic N) is 1. The van der Waals surface area contributed by atoms with E-state index in [-0.39, 0.29) is 0 Å². The second kappa shape index (κ2) is 4.10. The lowest BCUT2D eigenvalue weighted by Crippen LogP contribution is -1.97. The van der Waals surface area contributed by atoms with Gasteiger partial charge in [0.1, 0.15) is 0 Å². The molecule has 2 heteroatoms. The number of carbonyl (C=O) groups is 1. The normalized spacial score (nSPS) is 10.2. The van der Waals surface area contributed by atoms with E-state index >= 15 is 0 Å². The van der Waals surface area contributed by atoms with Crippen LogP contribution in [0.4, 0.5) is 0 Å². The summed E-state index contributed by atoms with van der Waals surface area (Å²) < 4.78 is 2.13. The molecule has 66 valence electrons. The smallest absolute Gasteiger partial charge is 0.151 e. The van der Waals surface area contributed by atoms with Crippen LogP contribution < -0.4 is 0 Å². The summed E-state index contributed by atoms with van der Waals surface area (Å²) in [6.07, 6.45) is 5.18. The lowest BCUT2D eigenvalue weighted by molar-refractivity contribution is 0.112. The Bertz CT molecular complexity index is 263. The van der Waals surface area contributed by atoms with Gasteiger partial charge in [0.2, 0.25) is 0 Å². The minimum atomic E-state index is 0.781. The molecule has 1 aromatic rings. The molecule has 2 nitrogen and oxygen atoms in total. The fraction of sp³-hybridized carbons (Fsp3) is 0.500. The molecule has 0 fully saturated rings. The molecule has 0 saturated heterocycles. The summed E-state index contributed by atoms with van der Waals surface area (Å²) in [5.74, 6) is 0. The zero-order chi connectivity index (χ0) is 8.97.